The predicted octanol–water partition coefficient (Wildman–Crippen LogP) is 3.96. The molecule has 1 unspecified atom stereocenters. The Labute approximate surface area is 222 Å². The number of amides is 2. The first-order valence-electron chi connectivity index (χ1n) is 12.6. The van der Waals surface area contributed by atoms with E-state index >= 15 is 0 Å². The third-order valence-electron chi connectivity index (χ3n) is 6.76. The third kappa shape index (κ3) is 6.58. The van der Waals surface area contributed by atoms with E-state index in [1.165, 1.54) is 11.9 Å². The summed E-state index contributed by atoms with van der Waals surface area (Å²) in [6, 6.07) is 25.1. The minimum Gasteiger partial charge on any atom is -0.481 e. The zero-order chi connectivity index (χ0) is 27.1. The second kappa shape index (κ2) is 12.4. The Balaban J connectivity index is 1.43. The molecule has 0 bridgehead atoms. The Morgan fingerprint density at radius 1 is 0.895 bits per heavy atom. The Morgan fingerprint density at radius 3 is 2.08 bits per heavy atom. The van der Waals surface area contributed by atoms with Gasteiger partial charge in [-0.25, -0.2) is 4.79 Å². The highest BCUT2D eigenvalue weighted by Crippen LogP contribution is 2.44. The zero-order valence-electron chi connectivity index (χ0n) is 21.7. The van der Waals surface area contributed by atoms with Crippen molar-refractivity contribution in [3.05, 3.63) is 95.6 Å². The first-order chi connectivity index (χ1) is 18.3. The van der Waals surface area contributed by atoms with Crippen LogP contribution in [0.5, 0.6) is 0 Å². The number of alkyl carbamates (subject to hydrolysis) is 1. The molecule has 0 heterocycles. The lowest BCUT2D eigenvalue weighted by Gasteiger charge is -2.28. The highest BCUT2D eigenvalue weighted by atomic mass is 16.5. The van der Waals surface area contributed by atoms with E-state index in [9.17, 15) is 14.4 Å². The second-order valence-corrected chi connectivity index (χ2v) is 9.61. The van der Waals surface area contributed by atoms with Crippen LogP contribution in [0.3, 0.4) is 0 Å². The fourth-order valence-electron chi connectivity index (χ4n) is 4.88. The van der Waals surface area contributed by atoms with Gasteiger partial charge in [0.25, 0.3) is 0 Å². The van der Waals surface area contributed by atoms with Gasteiger partial charge < -0.3 is 20.1 Å². The number of aliphatic carboxylic acids is 1. The van der Waals surface area contributed by atoms with Crippen LogP contribution < -0.4 is 5.32 Å². The zero-order valence-corrected chi connectivity index (χ0v) is 21.7. The number of nitrogens with zero attached hydrogens (tertiary/aromatic N) is 2. The van der Waals surface area contributed by atoms with Crippen molar-refractivity contribution in [1.29, 1.82) is 0 Å². The van der Waals surface area contributed by atoms with Crippen molar-refractivity contribution in [2.75, 3.05) is 33.8 Å². The Hall–Kier alpha value is -4.17. The van der Waals surface area contributed by atoms with Gasteiger partial charge in [-0.05, 0) is 34.9 Å². The number of carbonyl (C=O) groups is 3. The summed E-state index contributed by atoms with van der Waals surface area (Å²) in [5.74, 6) is -1.46. The molecule has 8 heteroatoms. The van der Waals surface area contributed by atoms with Crippen LogP contribution in [-0.2, 0) is 20.9 Å². The summed E-state index contributed by atoms with van der Waals surface area (Å²) in [7, 11) is 3.40. The Kier molecular flexibility index (Phi) is 8.76. The molecule has 1 atom stereocenters. The SMILES string of the molecule is CN(Cc1ccccc1)CC(NC(=O)OCC1c2ccccc2-c2ccccc21)C(=O)N(C)CCC(=O)O. The van der Waals surface area contributed by atoms with Crippen molar-refractivity contribution in [1.82, 2.24) is 15.1 Å². The molecule has 0 aromatic heterocycles. The van der Waals surface area contributed by atoms with Crippen LogP contribution in [-0.4, -0.2) is 72.7 Å². The van der Waals surface area contributed by atoms with Gasteiger partial charge in [-0.3, -0.25) is 14.5 Å². The predicted molar refractivity (Wildman–Crippen MR) is 145 cm³/mol. The van der Waals surface area contributed by atoms with Crippen LogP contribution in [0.25, 0.3) is 11.1 Å². The summed E-state index contributed by atoms with van der Waals surface area (Å²) in [4.78, 5) is 40.4. The summed E-state index contributed by atoms with van der Waals surface area (Å²) >= 11 is 0. The first kappa shape index (κ1) is 26.9. The van der Waals surface area contributed by atoms with Gasteiger partial charge >= 0.3 is 12.1 Å². The van der Waals surface area contributed by atoms with Crippen LogP contribution in [0.15, 0.2) is 78.9 Å². The summed E-state index contributed by atoms with van der Waals surface area (Å²) < 4.78 is 5.66. The van der Waals surface area contributed by atoms with Crippen molar-refractivity contribution in [3.63, 3.8) is 0 Å². The topological polar surface area (TPSA) is 99.2 Å². The molecule has 38 heavy (non-hydrogen) atoms. The van der Waals surface area contributed by atoms with E-state index in [-0.39, 0.29) is 37.9 Å². The fourth-order valence-corrected chi connectivity index (χ4v) is 4.88. The van der Waals surface area contributed by atoms with Crippen LogP contribution >= 0.6 is 0 Å². The number of rotatable bonds is 11. The monoisotopic (exact) mass is 515 g/mol. The molecule has 0 saturated heterocycles. The van der Waals surface area contributed by atoms with E-state index in [0.29, 0.717) is 6.54 Å². The number of fused-ring (bicyclic) bond motifs is 3. The number of hydrogen-bond donors (Lipinski definition) is 2. The van der Waals surface area contributed by atoms with Crippen molar-refractivity contribution in [2.24, 2.45) is 0 Å². The highest BCUT2D eigenvalue weighted by molar-refractivity contribution is 5.86. The minimum absolute atomic E-state index is 0.0411. The molecule has 2 N–H and O–H groups in total. The van der Waals surface area contributed by atoms with E-state index in [0.717, 1.165) is 27.8 Å². The number of likely N-dealkylation sites (N-methyl/N-ethyl adjacent to an activating group) is 2. The summed E-state index contributed by atoms with van der Waals surface area (Å²) in [5.41, 5.74) is 5.54. The van der Waals surface area contributed by atoms with Gasteiger partial charge in [0.15, 0.2) is 0 Å². The molecule has 4 rings (SSSR count). The standard InChI is InChI=1S/C30H33N3O5/c1-32(18-21-10-4-3-5-11-21)19-27(29(36)33(2)17-16-28(34)35)31-30(37)38-20-26-24-14-8-6-12-22(24)23-13-7-9-15-25(23)26/h3-15,26-27H,16-20H2,1-2H3,(H,31,37)(H,34,35). The maximum atomic E-state index is 13.2. The molecular weight excluding hydrogens is 482 g/mol. The lowest BCUT2D eigenvalue weighted by Crippen LogP contribution is -2.52. The van der Waals surface area contributed by atoms with Gasteiger partial charge in [0, 0.05) is 32.6 Å². The number of nitrogens with one attached hydrogen (secondary N) is 1. The first-order valence-corrected chi connectivity index (χ1v) is 12.6. The minimum atomic E-state index is -0.994. The molecular formula is C30H33N3O5. The number of carbonyl (C=O) groups excluding carboxylic acids is 2. The third-order valence-corrected chi connectivity index (χ3v) is 6.76. The number of hydrogen-bond acceptors (Lipinski definition) is 5. The van der Waals surface area contributed by atoms with E-state index in [1.54, 1.807) is 0 Å². The van der Waals surface area contributed by atoms with Gasteiger partial charge in [-0.1, -0.05) is 78.9 Å². The molecule has 1 aliphatic carbocycles. The second-order valence-electron chi connectivity index (χ2n) is 9.61. The average molecular weight is 516 g/mol. The molecule has 0 spiro atoms. The smallest absolute Gasteiger partial charge is 0.407 e. The number of carboxylic acids is 1. The number of ether oxygens (including phenoxy) is 1. The van der Waals surface area contributed by atoms with Crippen molar-refractivity contribution in [3.8, 4) is 11.1 Å². The molecule has 0 aliphatic heterocycles. The molecule has 198 valence electrons. The lowest BCUT2D eigenvalue weighted by atomic mass is 9.98. The summed E-state index contributed by atoms with van der Waals surface area (Å²) in [6.07, 6.45) is -0.871. The van der Waals surface area contributed by atoms with E-state index in [4.69, 9.17) is 9.84 Å². The maximum absolute atomic E-state index is 13.2. The van der Waals surface area contributed by atoms with E-state index < -0.39 is 18.1 Å². The number of benzene rings is 3. The number of carboxylic acid groups (broad SMARTS) is 1. The molecule has 0 radical (unpaired) electrons. The molecule has 0 fully saturated rings. The summed E-state index contributed by atoms with van der Waals surface area (Å²) in [6.45, 7) is 0.986. The van der Waals surface area contributed by atoms with E-state index in [2.05, 4.69) is 17.4 Å². The van der Waals surface area contributed by atoms with Crippen LogP contribution in [0.4, 0.5) is 4.79 Å². The quantitative estimate of drug-likeness (QED) is 0.401. The van der Waals surface area contributed by atoms with Crippen molar-refractivity contribution in [2.45, 2.75) is 24.9 Å². The van der Waals surface area contributed by atoms with Crippen molar-refractivity contribution < 1.29 is 24.2 Å². The molecule has 1 aliphatic rings. The van der Waals surface area contributed by atoms with Gasteiger partial charge in [0.05, 0.1) is 6.42 Å². The molecule has 3 aromatic carbocycles. The van der Waals surface area contributed by atoms with Gasteiger partial charge in [-0.2, -0.15) is 0 Å². The van der Waals surface area contributed by atoms with E-state index in [1.807, 2.05) is 78.7 Å². The van der Waals surface area contributed by atoms with Gasteiger partial charge in [0.2, 0.25) is 5.91 Å². The molecule has 3 aromatic rings. The molecule has 0 saturated carbocycles. The maximum Gasteiger partial charge on any atom is 0.407 e. The van der Waals surface area contributed by atoms with Crippen LogP contribution in [0.2, 0.25) is 0 Å². The van der Waals surface area contributed by atoms with Gasteiger partial charge in [-0.15, -0.1) is 0 Å². The van der Waals surface area contributed by atoms with Crippen molar-refractivity contribution >= 4 is 18.0 Å². The molecule has 8 nitrogen and oxygen atoms in total. The summed E-state index contributed by atoms with van der Waals surface area (Å²) in [5, 5.41) is 11.7. The van der Waals surface area contributed by atoms with Crippen LogP contribution in [0, 0.1) is 0 Å². The normalized spacial score (nSPS) is 12.9. The Bertz CT molecular complexity index is 1230. The highest BCUT2D eigenvalue weighted by Gasteiger charge is 2.30. The van der Waals surface area contributed by atoms with Gasteiger partial charge in [0.1, 0.15) is 12.6 Å². The lowest BCUT2D eigenvalue weighted by molar-refractivity contribution is -0.138. The van der Waals surface area contributed by atoms with Crippen LogP contribution in [0.1, 0.15) is 29.0 Å². The largest absolute Gasteiger partial charge is 0.481 e. The average Bonchev–Trinajstić information content (AvgIpc) is 3.24. The molecule has 2 amide bonds. The Morgan fingerprint density at radius 2 is 1.47 bits per heavy atom. The fraction of sp³-hybridized carbons (Fsp3) is 0.300.